The largest absolute Gasteiger partial charge is 0.466 e. The molecular formula is C20H21N3O4. The Bertz CT molecular complexity index is 964. The second-order valence-corrected chi connectivity index (χ2v) is 7.20. The monoisotopic (exact) mass is 367 g/mol. The van der Waals surface area contributed by atoms with E-state index in [4.69, 9.17) is 4.42 Å². The molecule has 1 unspecified atom stereocenters. The second kappa shape index (κ2) is 5.97. The lowest BCUT2D eigenvalue weighted by Crippen LogP contribution is -2.44. The van der Waals surface area contributed by atoms with Crippen molar-refractivity contribution < 1.29 is 18.8 Å². The summed E-state index contributed by atoms with van der Waals surface area (Å²) in [6.07, 6.45) is 0.771. The molecule has 4 amide bonds. The van der Waals surface area contributed by atoms with Gasteiger partial charge >= 0.3 is 6.03 Å². The first-order chi connectivity index (χ1) is 12.8. The Labute approximate surface area is 156 Å². The first-order valence-corrected chi connectivity index (χ1v) is 8.91. The normalized spacial score (nSPS) is 21.6. The molecule has 1 saturated heterocycles. The third kappa shape index (κ3) is 2.61. The SMILES string of the molecule is Cc1cc(C2(C)NC(=O)N(CC(=O)N3CCc4ccccc43)C2=O)c(C)o1. The average Bonchev–Trinajstić information content (AvgIpc) is 3.26. The number of rotatable bonds is 3. The fraction of sp³-hybridized carbons (Fsp3) is 0.350. The molecule has 0 aliphatic carbocycles. The van der Waals surface area contributed by atoms with E-state index < -0.39 is 17.5 Å². The van der Waals surface area contributed by atoms with Crippen molar-refractivity contribution in [2.75, 3.05) is 18.0 Å². The highest BCUT2D eigenvalue weighted by molar-refractivity contribution is 6.10. The van der Waals surface area contributed by atoms with Gasteiger partial charge in [-0.2, -0.15) is 0 Å². The molecule has 7 nitrogen and oxygen atoms in total. The van der Waals surface area contributed by atoms with Crippen LogP contribution in [0.1, 0.15) is 29.6 Å². The molecule has 140 valence electrons. The number of hydrogen-bond acceptors (Lipinski definition) is 4. The number of nitrogens with zero attached hydrogens (tertiary/aromatic N) is 2. The zero-order chi connectivity index (χ0) is 19.3. The number of anilines is 1. The number of nitrogens with one attached hydrogen (secondary N) is 1. The lowest BCUT2D eigenvalue weighted by Gasteiger charge is -2.22. The minimum Gasteiger partial charge on any atom is -0.466 e. The molecule has 1 aromatic carbocycles. The fourth-order valence-electron chi connectivity index (χ4n) is 3.97. The van der Waals surface area contributed by atoms with Gasteiger partial charge in [0.05, 0.1) is 0 Å². The lowest BCUT2D eigenvalue weighted by molar-refractivity contribution is -0.134. The third-order valence-corrected chi connectivity index (χ3v) is 5.34. The highest BCUT2D eigenvalue weighted by atomic mass is 16.3. The Hall–Kier alpha value is -3.09. The second-order valence-electron chi connectivity index (χ2n) is 7.20. The molecule has 0 spiro atoms. The number of amides is 4. The van der Waals surface area contributed by atoms with Crippen molar-refractivity contribution in [3.05, 3.63) is 53.0 Å². The topological polar surface area (TPSA) is 82.9 Å². The summed E-state index contributed by atoms with van der Waals surface area (Å²) in [4.78, 5) is 40.9. The molecule has 1 N–H and O–H groups in total. The number of fused-ring (bicyclic) bond motifs is 1. The van der Waals surface area contributed by atoms with Crippen LogP contribution in [0.3, 0.4) is 0 Å². The van der Waals surface area contributed by atoms with Crippen LogP contribution in [0, 0.1) is 13.8 Å². The van der Waals surface area contributed by atoms with Crippen LogP contribution in [-0.2, 0) is 21.5 Å². The van der Waals surface area contributed by atoms with E-state index in [2.05, 4.69) is 5.32 Å². The van der Waals surface area contributed by atoms with E-state index in [1.54, 1.807) is 31.7 Å². The molecule has 1 atom stereocenters. The number of urea groups is 1. The number of hydrogen-bond donors (Lipinski definition) is 1. The van der Waals surface area contributed by atoms with Gasteiger partial charge in [0.1, 0.15) is 23.6 Å². The van der Waals surface area contributed by atoms with Crippen LogP contribution in [0.2, 0.25) is 0 Å². The summed E-state index contributed by atoms with van der Waals surface area (Å²) in [5.74, 6) is 0.518. The third-order valence-electron chi connectivity index (χ3n) is 5.34. The van der Waals surface area contributed by atoms with Crippen molar-refractivity contribution in [1.29, 1.82) is 0 Å². The standard InChI is InChI=1S/C20H21N3O4/c1-12-10-15(13(2)27-12)20(3)18(25)23(19(26)21-20)11-17(24)22-9-8-14-6-4-5-7-16(14)22/h4-7,10H,8-9,11H2,1-3H3,(H,21,26). The predicted octanol–water partition coefficient (Wildman–Crippen LogP) is 2.25. The highest BCUT2D eigenvalue weighted by Gasteiger charge is 2.51. The van der Waals surface area contributed by atoms with Crippen molar-refractivity contribution in [1.82, 2.24) is 10.2 Å². The van der Waals surface area contributed by atoms with Gasteiger partial charge in [-0.3, -0.25) is 14.5 Å². The number of benzene rings is 1. The van der Waals surface area contributed by atoms with Crippen LogP contribution in [0.5, 0.6) is 0 Å². The van der Waals surface area contributed by atoms with Crippen LogP contribution in [0.15, 0.2) is 34.7 Å². The lowest BCUT2D eigenvalue weighted by atomic mass is 9.92. The molecule has 0 saturated carbocycles. The Morgan fingerprint density at radius 1 is 1.26 bits per heavy atom. The maximum absolute atomic E-state index is 13.0. The quantitative estimate of drug-likeness (QED) is 0.844. The van der Waals surface area contributed by atoms with Gasteiger partial charge < -0.3 is 14.6 Å². The minimum absolute atomic E-state index is 0.271. The zero-order valence-corrected chi connectivity index (χ0v) is 15.5. The van der Waals surface area contributed by atoms with Crippen LogP contribution in [0.25, 0.3) is 0 Å². The van der Waals surface area contributed by atoms with Gasteiger partial charge in [0.2, 0.25) is 5.91 Å². The van der Waals surface area contributed by atoms with E-state index in [-0.39, 0.29) is 12.5 Å². The minimum atomic E-state index is -1.23. The summed E-state index contributed by atoms with van der Waals surface area (Å²) in [5.41, 5.74) is 1.32. The zero-order valence-electron chi connectivity index (χ0n) is 15.5. The Kier molecular flexibility index (Phi) is 3.83. The molecule has 0 radical (unpaired) electrons. The van der Waals surface area contributed by atoms with Gasteiger partial charge in [-0.05, 0) is 44.9 Å². The molecule has 4 rings (SSSR count). The highest BCUT2D eigenvalue weighted by Crippen LogP contribution is 2.33. The van der Waals surface area contributed by atoms with E-state index >= 15 is 0 Å². The van der Waals surface area contributed by atoms with Crippen molar-refractivity contribution in [2.45, 2.75) is 32.7 Å². The van der Waals surface area contributed by atoms with Gasteiger partial charge in [-0.15, -0.1) is 0 Å². The van der Waals surface area contributed by atoms with Gasteiger partial charge in [0.15, 0.2) is 0 Å². The molecule has 3 heterocycles. The van der Waals surface area contributed by atoms with E-state index in [0.717, 1.165) is 22.6 Å². The average molecular weight is 367 g/mol. The first kappa shape index (κ1) is 17.3. The summed E-state index contributed by atoms with van der Waals surface area (Å²) in [6.45, 7) is 5.44. The Balaban J connectivity index is 1.57. The summed E-state index contributed by atoms with van der Waals surface area (Å²) >= 11 is 0. The number of carbonyl (C=O) groups excluding carboxylic acids is 3. The van der Waals surface area contributed by atoms with Crippen LogP contribution in [-0.4, -0.2) is 35.8 Å². The molecule has 0 bridgehead atoms. The summed E-state index contributed by atoms with van der Waals surface area (Å²) < 4.78 is 5.52. The molecule has 27 heavy (non-hydrogen) atoms. The molecule has 1 aromatic heterocycles. The molecule has 2 aliphatic heterocycles. The Morgan fingerprint density at radius 3 is 2.70 bits per heavy atom. The molecule has 2 aliphatic rings. The fourth-order valence-corrected chi connectivity index (χ4v) is 3.97. The van der Waals surface area contributed by atoms with Gasteiger partial charge in [-0.1, -0.05) is 18.2 Å². The van der Waals surface area contributed by atoms with Crippen molar-refractivity contribution >= 4 is 23.5 Å². The van der Waals surface area contributed by atoms with Crippen molar-refractivity contribution in [2.24, 2.45) is 0 Å². The summed E-state index contributed by atoms with van der Waals surface area (Å²) in [5, 5.41) is 2.72. The first-order valence-electron chi connectivity index (χ1n) is 8.91. The number of carbonyl (C=O) groups is 3. The van der Waals surface area contributed by atoms with E-state index in [0.29, 0.717) is 23.6 Å². The van der Waals surface area contributed by atoms with Crippen molar-refractivity contribution in [3.63, 3.8) is 0 Å². The number of imide groups is 1. The van der Waals surface area contributed by atoms with Gasteiger partial charge in [-0.25, -0.2) is 4.79 Å². The summed E-state index contributed by atoms with van der Waals surface area (Å²) in [7, 11) is 0. The number of para-hydroxylation sites is 1. The number of aryl methyl sites for hydroxylation is 2. The molecule has 2 aromatic rings. The van der Waals surface area contributed by atoms with E-state index in [1.165, 1.54) is 0 Å². The molecule has 1 fully saturated rings. The van der Waals surface area contributed by atoms with E-state index in [9.17, 15) is 14.4 Å². The molecular weight excluding hydrogens is 346 g/mol. The maximum Gasteiger partial charge on any atom is 0.325 e. The maximum atomic E-state index is 13.0. The van der Waals surface area contributed by atoms with Crippen LogP contribution < -0.4 is 10.2 Å². The summed E-state index contributed by atoms with van der Waals surface area (Å²) in [6, 6.07) is 8.85. The van der Waals surface area contributed by atoms with Crippen LogP contribution >= 0.6 is 0 Å². The van der Waals surface area contributed by atoms with Gasteiger partial charge in [0.25, 0.3) is 5.91 Å². The van der Waals surface area contributed by atoms with Gasteiger partial charge in [0, 0.05) is 17.8 Å². The molecule has 7 heteroatoms. The number of furan rings is 1. The van der Waals surface area contributed by atoms with Crippen molar-refractivity contribution in [3.8, 4) is 0 Å². The van der Waals surface area contributed by atoms with E-state index in [1.807, 2.05) is 24.3 Å². The predicted molar refractivity (Wildman–Crippen MR) is 98.3 cm³/mol. The Morgan fingerprint density at radius 2 is 2.00 bits per heavy atom. The van der Waals surface area contributed by atoms with Crippen LogP contribution in [0.4, 0.5) is 10.5 Å². The smallest absolute Gasteiger partial charge is 0.325 e.